The lowest BCUT2D eigenvalue weighted by molar-refractivity contribution is -0.139. The van der Waals surface area contributed by atoms with Crippen molar-refractivity contribution in [2.45, 2.75) is 33.2 Å². The Kier molecular flexibility index (Phi) is 6.70. The molecule has 0 fully saturated rings. The minimum atomic E-state index is -0.912. The van der Waals surface area contributed by atoms with Crippen molar-refractivity contribution in [3.05, 3.63) is 0 Å². The van der Waals surface area contributed by atoms with Crippen molar-refractivity contribution in [1.29, 1.82) is 0 Å². The topological polar surface area (TPSA) is 69.6 Å². The summed E-state index contributed by atoms with van der Waals surface area (Å²) in [7, 11) is 0. The van der Waals surface area contributed by atoms with E-state index in [-0.39, 0.29) is 12.5 Å². The third-order valence-corrected chi connectivity index (χ3v) is 2.32. The summed E-state index contributed by atoms with van der Waals surface area (Å²) in [6.45, 7) is 6.97. The van der Waals surface area contributed by atoms with E-state index in [1.165, 1.54) is 0 Å². The van der Waals surface area contributed by atoms with Gasteiger partial charge < -0.3 is 10.0 Å². The van der Waals surface area contributed by atoms with E-state index in [0.717, 1.165) is 0 Å². The Labute approximate surface area is 90.5 Å². The van der Waals surface area contributed by atoms with Gasteiger partial charge in [0.25, 0.3) is 0 Å². The summed E-state index contributed by atoms with van der Waals surface area (Å²) in [5, 5.41) is 11.5. The van der Waals surface area contributed by atoms with Gasteiger partial charge >= 0.3 is 5.97 Å². The van der Waals surface area contributed by atoms with E-state index in [4.69, 9.17) is 5.11 Å². The molecule has 5 nitrogen and oxygen atoms in total. The van der Waals surface area contributed by atoms with E-state index < -0.39 is 12.0 Å². The fourth-order valence-electron chi connectivity index (χ4n) is 1.30. The molecule has 15 heavy (non-hydrogen) atoms. The first kappa shape index (κ1) is 13.9. The number of carbonyl (C=O) groups is 2. The predicted octanol–water partition coefficient (Wildman–Crippen LogP) is 0.308. The number of amides is 1. The Hall–Kier alpha value is -1.10. The molecule has 0 radical (unpaired) electrons. The summed E-state index contributed by atoms with van der Waals surface area (Å²) < 4.78 is 0. The van der Waals surface area contributed by atoms with Gasteiger partial charge in [0.2, 0.25) is 5.91 Å². The third-order valence-electron chi connectivity index (χ3n) is 2.32. The molecular formula is C10H20N2O3. The zero-order valence-corrected chi connectivity index (χ0v) is 9.62. The maximum absolute atomic E-state index is 11.5. The number of hydrogen-bond donors (Lipinski definition) is 2. The Balaban J connectivity index is 4.02. The second kappa shape index (κ2) is 7.23. The molecule has 1 amide bonds. The van der Waals surface area contributed by atoms with Crippen LogP contribution < -0.4 is 5.32 Å². The summed E-state index contributed by atoms with van der Waals surface area (Å²) >= 11 is 0. The number of carboxylic acids is 1. The molecule has 0 aromatic rings. The van der Waals surface area contributed by atoms with Crippen LogP contribution in [0.3, 0.4) is 0 Å². The standard InChI is InChI=1S/C10H20N2O3/c1-4-8(10(14)15)11-7-9(13)12(5-2)6-3/h8,11H,4-7H2,1-3H3,(H,14,15). The molecule has 0 aromatic heterocycles. The monoisotopic (exact) mass is 216 g/mol. The second-order valence-electron chi connectivity index (χ2n) is 3.25. The van der Waals surface area contributed by atoms with Crippen molar-refractivity contribution < 1.29 is 14.7 Å². The molecule has 0 bridgehead atoms. The molecule has 1 atom stereocenters. The van der Waals surface area contributed by atoms with Gasteiger partial charge in [-0.1, -0.05) is 6.92 Å². The number of likely N-dealkylation sites (N-methyl/N-ethyl adjacent to an activating group) is 1. The summed E-state index contributed by atoms with van der Waals surface area (Å²) in [6, 6.07) is -0.635. The molecule has 0 saturated carbocycles. The average molecular weight is 216 g/mol. The largest absolute Gasteiger partial charge is 0.480 e. The molecule has 0 spiro atoms. The molecule has 2 N–H and O–H groups in total. The van der Waals surface area contributed by atoms with Crippen LogP contribution in [0.15, 0.2) is 0 Å². The number of hydrogen-bond acceptors (Lipinski definition) is 3. The van der Waals surface area contributed by atoms with Gasteiger partial charge in [0, 0.05) is 13.1 Å². The van der Waals surface area contributed by atoms with Crippen LogP contribution in [0, 0.1) is 0 Å². The highest BCUT2D eigenvalue weighted by atomic mass is 16.4. The molecule has 0 heterocycles. The number of rotatable bonds is 7. The molecule has 0 aromatic carbocycles. The normalized spacial score (nSPS) is 12.2. The third kappa shape index (κ3) is 4.78. The van der Waals surface area contributed by atoms with Crippen molar-refractivity contribution in [1.82, 2.24) is 10.2 Å². The number of nitrogens with zero attached hydrogens (tertiary/aromatic N) is 1. The fourth-order valence-corrected chi connectivity index (χ4v) is 1.30. The SMILES string of the molecule is CCC(NCC(=O)N(CC)CC)C(=O)O. The molecule has 88 valence electrons. The van der Waals surface area contributed by atoms with Gasteiger partial charge in [-0.3, -0.25) is 14.9 Å². The molecule has 0 aliphatic rings. The Morgan fingerprint density at radius 3 is 2.13 bits per heavy atom. The van der Waals surface area contributed by atoms with Crippen LogP contribution in [-0.4, -0.2) is 47.6 Å². The summed E-state index contributed by atoms with van der Waals surface area (Å²) in [4.78, 5) is 23.9. The van der Waals surface area contributed by atoms with Gasteiger partial charge in [-0.05, 0) is 20.3 Å². The zero-order valence-electron chi connectivity index (χ0n) is 9.62. The molecule has 1 unspecified atom stereocenters. The van der Waals surface area contributed by atoms with Crippen LogP contribution in [0.5, 0.6) is 0 Å². The van der Waals surface area contributed by atoms with Gasteiger partial charge in [0.05, 0.1) is 6.54 Å². The van der Waals surface area contributed by atoms with Gasteiger partial charge in [-0.15, -0.1) is 0 Å². The highest BCUT2D eigenvalue weighted by Gasteiger charge is 2.16. The van der Waals surface area contributed by atoms with E-state index in [2.05, 4.69) is 5.32 Å². The molecule has 0 aliphatic carbocycles. The lowest BCUT2D eigenvalue weighted by Crippen LogP contribution is -2.44. The lowest BCUT2D eigenvalue weighted by Gasteiger charge is -2.20. The fraction of sp³-hybridized carbons (Fsp3) is 0.800. The average Bonchev–Trinajstić information content (AvgIpc) is 2.20. The van der Waals surface area contributed by atoms with E-state index in [1.54, 1.807) is 11.8 Å². The highest BCUT2D eigenvalue weighted by molar-refractivity contribution is 5.79. The van der Waals surface area contributed by atoms with Crippen molar-refractivity contribution in [2.24, 2.45) is 0 Å². The summed E-state index contributed by atoms with van der Waals surface area (Å²) in [6.07, 6.45) is 0.473. The van der Waals surface area contributed by atoms with E-state index >= 15 is 0 Å². The molecule has 0 saturated heterocycles. The molecule has 0 aliphatic heterocycles. The van der Waals surface area contributed by atoms with Crippen molar-refractivity contribution in [3.8, 4) is 0 Å². The molecule has 5 heteroatoms. The van der Waals surface area contributed by atoms with Crippen molar-refractivity contribution >= 4 is 11.9 Å². The van der Waals surface area contributed by atoms with Crippen LogP contribution in [-0.2, 0) is 9.59 Å². The molecule has 0 rings (SSSR count). The summed E-state index contributed by atoms with van der Waals surface area (Å²) in [5.74, 6) is -0.968. The number of aliphatic carboxylic acids is 1. The van der Waals surface area contributed by atoms with E-state index in [9.17, 15) is 9.59 Å². The van der Waals surface area contributed by atoms with Crippen molar-refractivity contribution in [2.75, 3.05) is 19.6 Å². The number of nitrogens with one attached hydrogen (secondary N) is 1. The first-order chi connectivity index (χ1) is 7.06. The van der Waals surface area contributed by atoms with Gasteiger partial charge in [0.1, 0.15) is 6.04 Å². The first-order valence-corrected chi connectivity index (χ1v) is 5.30. The number of carbonyl (C=O) groups excluding carboxylic acids is 1. The van der Waals surface area contributed by atoms with Crippen LogP contribution in [0.1, 0.15) is 27.2 Å². The molecular weight excluding hydrogens is 196 g/mol. The minimum Gasteiger partial charge on any atom is -0.480 e. The van der Waals surface area contributed by atoms with E-state index in [0.29, 0.717) is 19.5 Å². The number of carboxylic acid groups (broad SMARTS) is 1. The van der Waals surface area contributed by atoms with Crippen LogP contribution in [0.4, 0.5) is 0 Å². The Bertz CT molecular complexity index is 215. The highest BCUT2D eigenvalue weighted by Crippen LogP contribution is 1.92. The van der Waals surface area contributed by atoms with Gasteiger partial charge in [-0.25, -0.2) is 0 Å². The van der Waals surface area contributed by atoms with Gasteiger partial charge in [0.15, 0.2) is 0 Å². The zero-order chi connectivity index (χ0) is 11.8. The van der Waals surface area contributed by atoms with Crippen LogP contribution >= 0.6 is 0 Å². The second-order valence-corrected chi connectivity index (χ2v) is 3.25. The Morgan fingerprint density at radius 2 is 1.80 bits per heavy atom. The maximum atomic E-state index is 11.5. The van der Waals surface area contributed by atoms with Gasteiger partial charge in [-0.2, -0.15) is 0 Å². The predicted molar refractivity (Wildman–Crippen MR) is 57.6 cm³/mol. The Morgan fingerprint density at radius 1 is 1.27 bits per heavy atom. The quantitative estimate of drug-likeness (QED) is 0.642. The minimum absolute atomic E-state index is 0.0558. The first-order valence-electron chi connectivity index (χ1n) is 5.30. The maximum Gasteiger partial charge on any atom is 0.320 e. The summed E-state index contributed by atoms with van der Waals surface area (Å²) in [5.41, 5.74) is 0. The van der Waals surface area contributed by atoms with E-state index in [1.807, 2.05) is 13.8 Å². The smallest absolute Gasteiger partial charge is 0.320 e. The lowest BCUT2D eigenvalue weighted by atomic mass is 10.2. The van der Waals surface area contributed by atoms with Crippen LogP contribution in [0.25, 0.3) is 0 Å². The van der Waals surface area contributed by atoms with Crippen LogP contribution in [0.2, 0.25) is 0 Å². The van der Waals surface area contributed by atoms with Crippen molar-refractivity contribution in [3.63, 3.8) is 0 Å².